The molecule has 0 bridgehead atoms. The standard InChI is InChI=1S/C19H21ClO5/c1-13-4-3-5-15(10-13)24-8-9-25-19-16(20)11-14(6-7-18(21)22)12-17(19)23-2/h3-5,10-12H,6-9H2,1-2H3,(H,21,22). The molecule has 0 aliphatic heterocycles. The molecular formula is C19H21ClO5. The number of hydrogen-bond acceptors (Lipinski definition) is 4. The topological polar surface area (TPSA) is 65.0 Å². The SMILES string of the molecule is COc1cc(CCC(=O)O)cc(Cl)c1OCCOc1cccc(C)c1. The number of rotatable bonds is 9. The third kappa shape index (κ3) is 5.87. The first kappa shape index (κ1) is 18.9. The maximum absolute atomic E-state index is 10.7. The summed E-state index contributed by atoms with van der Waals surface area (Å²) in [7, 11) is 1.52. The highest BCUT2D eigenvalue weighted by atomic mass is 35.5. The van der Waals surface area contributed by atoms with Crippen molar-refractivity contribution >= 4 is 17.6 Å². The summed E-state index contributed by atoms with van der Waals surface area (Å²) in [5.74, 6) is 0.828. The van der Waals surface area contributed by atoms with Crippen LogP contribution in [0.25, 0.3) is 0 Å². The molecule has 0 amide bonds. The van der Waals surface area contributed by atoms with E-state index in [1.54, 1.807) is 12.1 Å². The van der Waals surface area contributed by atoms with Crippen molar-refractivity contribution in [1.82, 2.24) is 0 Å². The van der Waals surface area contributed by atoms with Gasteiger partial charge in [0.1, 0.15) is 19.0 Å². The normalized spacial score (nSPS) is 10.4. The fraction of sp³-hybridized carbons (Fsp3) is 0.316. The number of benzene rings is 2. The maximum atomic E-state index is 10.7. The molecule has 0 aliphatic carbocycles. The zero-order valence-corrected chi connectivity index (χ0v) is 15.0. The van der Waals surface area contributed by atoms with Gasteiger partial charge in [-0.3, -0.25) is 4.79 Å². The minimum atomic E-state index is -0.858. The van der Waals surface area contributed by atoms with Crippen LogP contribution in [0.3, 0.4) is 0 Å². The molecule has 6 heteroatoms. The van der Waals surface area contributed by atoms with Crippen molar-refractivity contribution < 1.29 is 24.1 Å². The number of aryl methyl sites for hydroxylation is 2. The van der Waals surface area contributed by atoms with Crippen molar-refractivity contribution in [3.05, 3.63) is 52.5 Å². The summed E-state index contributed by atoms with van der Waals surface area (Å²) >= 11 is 6.25. The summed E-state index contributed by atoms with van der Waals surface area (Å²) < 4.78 is 16.6. The maximum Gasteiger partial charge on any atom is 0.303 e. The average molecular weight is 365 g/mol. The number of carboxylic acids is 1. The highest BCUT2D eigenvalue weighted by molar-refractivity contribution is 6.32. The lowest BCUT2D eigenvalue weighted by Crippen LogP contribution is -2.10. The molecule has 0 atom stereocenters. The largest absolute Gasteiger partial charge is 0.493 e. The zero-order valence-electron chi connectivity index (χ0n) is 14.3. The van der Waals surface area contributed by atoms with E-state index in [2.05, 4.69) is 0 Å². The quantitative estimate of drug-likeness (QED) is 0.678. The molecule has 5 nitrogen and oxygen atoms in total. The molecule has 2 aromatic rings. The summed E-state index contributed by atoms with van der Waals surface area (Å²) in [4.78, 5) is 10.7. The highest BCUT2D eigenvalue weighted by Crippen LogP contribution is 2.36. The van der Waals surface area contributed by atoms with Crippen molar-refractivity contribution in [1.29, 1.82) is 0 Å². The third-order valence-corrected chi connectivity index (χ3v) is 3.79. The van der Waals surface area contributed by atoms with E-state index in [1.807, 2.05) is 31.2 Å². The number of halogens is 1. The van der Waals surface area contributed by atoms with Gasteiger partial charge in [0.05, 0.1) is 12.1 Å². The number of aliphatic carboxylic acids is 1. The molecule has 1 N–H and O–H groups in total. The Hall–Kier alpha value is -2.40. The Labute approximate surface area is 152 Å². The molecule has 0 heterocycles. The average Bonchev–Trinajstić information content (AvgIpc) is 2.57. The molecule has 0 unspecified atom stereocenters. The van der Waals surface area contributed by atoms with Crippen LogP contribution in [0.1, 0.15) is 17.5 Å². The van der Waals surface area contributed by atoms with Crippen molar-refractivity contribution in [2.24, 2.45) is 0 Å². The van der Waals surface area contributed by atoms with Gasteiger partial charge in [0, 0.05) is 6.42 Å². The molecule has 0 aliphatic rings. The molecule has 0 spiro atoms. The summed E-state index contributed by atoms with van der Waals surface area (Å²) in [5.41, 5.74) is 1.91. The fourth-order valence-electron chi connectivity index (χ4n) is 2.32. The first-order valence-electron chi connectivity index (χ1n) is 7.90. The molecule has 0 aromatic heterocycles. The molecule has 25 heavy (non-hydrogen) atoms. The van der Waals surface area contributed by atoms with Crippen LogP contribution in [0, 0.1) is 6.92 Å². The van der Waals surface area contributed by atoms with Gasteiger partial charge in [0.15, 0.2) is 11.5 Å². The van der Waals surface area contributed by atoms with Crippen LogP contribution < -0.4 is 14.2 Å². The van der Waals surface area contributed by atoms with Gasteiger partial charge in [0.25, 0.3) is 0 Å². The number of methoxy groups -OCH3 is 1. The van der Waals surface area contributed by atoms with Gasteiger partial charge in [-0.05, 0) is 48.7 Å². The first-order chi connectivity index (χ1) is 12.0. The van der Waals surface area contributed by atoms with Crippen molar-refractivity contribution in [3.63, 3.8) is 0 Å². The predicted molar refractivity (Wildman–Crippen MR) is 96.1 cm³/mol. The van der Waals surface area contributed by atoms with Gasteiger partial charge in [-0.25, -0.2) is 0 Å². The van der Waals surface area contributed by atoms with Crippen LogP contribution in [0.2, 0.25) is 5.02 Å². The molecular weight excluding hydrogens is 344 g/mol. The Morgan fingerprint density at radius 1 is 1.16 bits per heavy atom. The lowest BCUT2D eigenvalue weighted by atomic mass is 10.1. The third-order valence-electron chi connectivity index (χ3n) is 3.50. The van der Waals surface area contributed by atoms with Crippen molar-refractivity contribution in [2.45, 2.75) is 19.8 Å². The number of carboxylic acid groups (broad SMARTS) is 1. The van der Waals surface area contributed by atoms with Crippen LogP contribution in [0.15, 0.2) is 36.4 Å². The van der Waals surface area contributed by atoms with Crippen LogP contribution in [0.4, 0.5) is 0 Å². The Bertz CT molecular complexity index is 730. The van der Waals surface area contributed by atoms with Gasteiger partial charge in [-0.2, -0.15) is 0 Å². The van der Waals surface area contributed by atoms with Gasteiger partial charge >= 0.3 is 5.97 Å². The van der Waals surface area contributed by atoms with Crippen LogP contribution >= 0.6 is 11.6 Å². The van der Waals surface area contributed by atoms with E-state index in [-0.39, 0.29) is 6.42 Å². The summed E-state index contributed by atoms with van der Waals surface area (Å²) in [5, 5.41) is 9.16. The summed E-state index contributed by atoms with van der Waals surface area (Å²) in [6.45, 7) is 2.67. The smallest absolute Gasteiger partial charge is 0.303 e. The second-order valence-electron chi connectivity index (χ2n) is 5.52. The van der Waals surface area contributed by atoms with Crippen molar-refractivity contribution in [3.8, 4) is 17.2 Å². The Morgan fingerprint density at radius 3 is 2.60 bits per heavy atom. The highest BCUT2D eigenvalue weighted by Gasteiger charge is 2.13. The van der Waals surface area contributed by atoms with E-state index >= 15 is 0 Å². The lowest BCUT2D eigenvalue weighted by molar-refractivity contribution is -0.136. The van der Waals surface area contributed by atoms with E-state index in [0.717, 1.165) is 16.9 Å². The van der Waals surface area contributed by atoms with E-state index in [0.29, 0.717) is 36.2 Å². The molecule has 0 fully saturated rings. The van der Waals surface area contributed by atoms with Gasteiger partial charge in [-0.1, -0.05) is 23.7 Å². The second kappa shape index (κ2) is 9.18. The van der Waals surface area contributed by atoms with Crippen LogP contribution in [-0.4, -0.2) is 31.4 Å². The zero-order chi connectivity index (χ0) is 18.2. The van der Waals surface area contributed by atoms with Gasteiger partial charge in [0.2, 0.25) is 0 Å². The Kier molecular flexibility index (Phi) is 6.95. The number of ether oxygens (including phenoxy) is 3. The molecule has 0 saturated heterocycles. The van der Waals surface area contributed by atoms with Crippen molar-refractivity contribution in [2.75, 3.05) is 20.3 Å². The van der Waals surface area contributed by atoms with Crippen LogP contribution in [-0.2, 0) is 11.2 Å². The second-order valence-corrected chi connectivity index (χ2v) is 5.92. The molecule has 0 radical (unpaired) electrons. The van der Waals surface area contributed by atoms with E-state index in [9.17, 15) is 4.79 Å². The van der Waals surface area contributed by atoms with Gasteiger partial charge < -0.3 is 19.3 Å². The van der Waals surface area contributed by atoms with Crippen LogP contribution in [0.5, 0.6) is 17.2 Å². The molecule has 2 aromatic carbocycles. The molecule has 134 valence electrons. The van der Waals surface area contributed by atoms with E-state index in [4.69, 9.17) is 30.9 Å². The number of carbonyl (C=O) groups is 1. The monoisotopic (exact) mass is 364 g/mol. The predicted octanol–water partition coefficient (Wildman–Crippen LogP) is 4.13. The molecule has 2 rings (SSSR count). The lowest BCUT2D eigenvalue weighted by Gasteiger charge is -2.14. The summed E-state index contributed by atoms with van der Waals surface area (Å²) in [6, 6.07) is 11.2. The van der Waals surface area contributed by atoms with E-state index in [1.165, 1.54) is 7.11 Å². The number of hydrogen-bond donors (Lipinski definition) is 1. The summed E-state index contributed by atoms with van der Waals surface area (Å²) in [6.07, 6.45) is 0.409. The fourth-order valence-corrected chi connectivity index (χ4v) is 2.61. The molecule has 0 saturated carbocycles. The Morgan fingerprint density at radius 2 is 1.92 bits per heavy atom. The van der Waals surface area contributed by atoms with E-state index < -0.39 is 5.97 Å². The van der Waals surface area contributed by atoms with Gasteiger partial charge in [-0.15, -0.1) is 0 Å². The first-order valence-corrected chi connectivity index (χ1v) is 8.28. The Balaban J connectivity index is 1.95. The minimum Gasteiger partial charge on any atom is -0.493 e. The minimum absolute atomic E-state index is 0.0318.